The van der Waals surface area contributed by atoms with Gasteiger partial charge in [0.15, 0.2) is 0 Å². The molecule has 0 radical (unpaired) electrons. The van der Waals surface area contributed by atoms with Gasteiger partial charge >= 0.3 is 0 Å². The third-order valence-corrected chi connectivity index (χ3v) is 4.78. The van der Waals surface area contributed by atoms with E-state index in [0.717, 1.165) is 23.6 Å². The summed E-state index contributed by atoms with van der Waals surface area (Å²) >= 11 is 6.04. The molecule has 20 heavy (non-hydrogen) atoms. The van der Waals surface area contributed by atoms with Gasteiger partial charge in [-0.2, -0.15) is 0 Å². The van der Waals surface area contributed by atoms with Crippen LogP contribution in [-0.4, -0.2) is 28.5 Å². The van der Waals surface area contributed by atoms with E-state index in [9.17, 15) is 0 Å². The zero-order valence-corrected chi connectivity index (χ0v) is 12.7. The number of rotatable bonds is 3. The van der Waals surface area contributed by atoms with Crippen LogP contribution in [-0.2, 0) is 6.54 Å². The maximum Gasteiger partial charge on any atom is 0.0472 e. The van der Waals surface area contributed by atoms with Crippen LogP contribution in [0.3, 0.4) is 0 Å². The van der Waals surface area contributed by atoms with E-state index in [2.05, 4.69) is 29.1 Å². The minimum atomic E-state index is 0.510. The van der Waals surface area contributed by atoms with Crippen molar-refractivity contribution in [3.63, 3.8) is 0 Å². The Morgan fingerprint density at radius 1 is 1.40 bits per heavy atom. The number of hydrogen-bond acceptors (Lipinski definition) is 2. The number of fused-ring (bicyclic) bond motifs is 1. The summed E-state index contributed by atoms with van der Waals surface area (Å²) in [6.07, 6.45) is 5.89. The summed E-state index contributed by atoms with van der Waals surface area (Å²) in [5.41, 5.74) is 8.40. The van der Waals surface area contributed by atoms with E-state index in [4.69, 9.17) is 17.3 Å². The SMILES string of the molecule is CC1CCCC(CN)N1Cc1c[nH]c2cc(Cl)ccc12. The normalized spacial score (nSPS) is 24.4. The number of hydrogen-bond donors (Lipinski definition) is 2. The second kappa shape index (κ2) is 5.76. The predicted octanol–water partition coefficient (Wildman–Crippen LogP) is 3.52. The summed E-state index contributed by atoms with van der Waals surface area (Å²) in [6.45, 7) is 4.02. The van der Waals surface area contributed by atoms with Crippen molar-refractivity contribution in [2.45, 2.75) is 44.8 Å². The van der Waals surface area contributed by atoms with E-state index < -0.39 is 0 Å². The van der Waals surface area contributed by atoms with E-state index in [1.807, 2.05) is 12.1 Å². The predicted molar refractivity (Wildman–Crippen MR) is 85.0 cm³/mol. The molecule has 4 heteroatoms. The Balaban J connectivity index is 1.87. The molecule has 2 unspecified atom stereocenters. The standard InChI is InChI=1S/C16H22ClN3/c1-11-3-2-4-14(8-18)20(11)10-12-9-19-16-7-13(17)5-6-15(12)16/h5-7,9,11,14,19H,2-4,8,10,18H2,1H3. The van der Waals surface area contributed by atoms with Gasteiger partial charge in [-0.05, 0) is 37.5 Å². The third-order valence-electron chi connectivity index (χ3n) is 4.55. The Morgan fingerprint density at radius 3 is 3.05 bits per heavy atom. The van der Waals surface area contributed by atoms with Gasteiger partial charge in [0.2, 0.25) is 0 Å². The molecule has 0 saturated carbocycles. The first-order chi connectivity index (χ1) is 9.69. The van der Waals surface area contributed by atoms with Gasteiger partial charge in [0.25, 0.3) is 0 Å². The largest absolute Gasteiger partial charge is 0.361 e. The Morgan fingerprint density at radius 2 is 2.25 bits per heavy atom. The number of H-pyrrole nitrogens is 1. The minimum Gasteiger partial charge on any atom is -0.361 e. The van der Waals surface area contributed by atoms with E-state index in [0.29, 0.717) is 12.1 Å². The average Bonchev–Trinajstić information content (AvgIpc) is 2.83. The van der Waals surface area contributed by atoms with Crippen LogP contribution in [0.1, 0.15) is 31.7 Å². The molecule has 1 aliphatic heterocycles. The van der Waals surface area contributed by atoms with Crippen molar-refractivity contribution in [2.75, 3.05) is 6.54 Å². The first-order valence-electron chi connectivity index (χ1n) is 7.40. The van der Waals surface area contributed by atoms with Gasteiger partial charge in [0.1, 0.15) is 0 Å². The molecule has 3 N–H and O–H groups in total. The number of nitrogens with zero attached hydrogens (tertiary/aromatic N) is 1. The van der Waals surface area contributed by atoms with Crippen LogP contribution in [0.25, 0.3) is 10.9 Å². The number of aromatic nitrogens is 1. The van der Waals surface area contributed by atoms with Crippen LogP contribution in [0.5, 0.6) is 0 Å². The highest BCUT2D eigenvalue weighted by molar-refractivity contribution is 6.31. The van der Waals surface area contributed by atoms with E-state index in [-0.39, 0.29) is 0 Å². The lowest BCUT2D eigenvalue weighted by Gasteiger charge is -2.40. The van der Waals surface area contributed by atoms with Crippen LogP contribution in [0.15, 0.2) is 24.4 Å². The van der Waals surface area contributed by atoms with Gasteiger partial charge in [-0.25, -0.2) is 0 Å². The fourth-order valence-electron chi connectivity index (χ4n) is 3.36. The van der Waals surface area contributed by atoms with Crippen molar-refractivity contribution in [3.8, 4) is 0 Å². The molecule has 0 aliphatic carbocycles. The van der Waals surface area contributed by atoms with E-state index >= 15 is 0 Å². The lowest BCUT2D eigenvalue weighted by atomic mass is 9.95. The van der Waals surface area contributed by atoms with Crippen molar-refractivity contribution < 1.29 is 0 Å². The van der Waals surface area contributed by atoms with Crippen molar-refractivity contribution in [1.82, 2.24) is 9.88 Å². The van der Waals surface area contributed by atoms with Gasteiger partial charge in [-0.15, -0.1) is 0 Å². The average molecular weight is 292 g/mol. The molecule has 1 fully saturated rings. The molecule has 2 heterocycles. The smallest absolute Gasteiger partial charge is 0.0472 e. The Labute approximate surface area is 125 Å². The minimum absolute atomic E-state index is 0.510. The number of piperidine rings is 1. The second-order valence-corrected chi connectivity index (χ2v) is 6.28. The number of nitrogens with two attached hydrogens (primary N) is 1. The number of nitrogens with one attached hydrogen (secondary N) is 1. The first-order valence-corrected chi connectivity index (χ1v) is 7.78. The van der Waals surface area contributed by atoms with Crippen molar-refractivity contribution in [3.05, 3.63) is 35.0 Å². The van der Waals surface area contributed by atoms with Crippen LogP contribution in [0.4, 0.5) is 0 Å². The molecule has 1 aromatic heterocycles. The highest BCUT2D eigenvalue weighted by Crippen LogP contribution is 2.28. The van der Waals surface area contributed by atoms with Crippen LogP contribution in [0.2, 0.25) is 5.02 Å². The van der Waals surface area contributed by atoms with Crippen molar-refractivity contribution in [2.24, 2.45) is 5.73 Å². The molecule has 3 nitrogen and oxygen atoms in total. The summed E-state index contributed by atoms with van der Waals surface area (Å²) in [4.78, 5) is 5.88. The fraction of sp³-hybridized carbons (Fsp3) is 0.500. The van der Waals surface area contributed by atoms with Gasteiger partial charge in [-0.3, -0.25) is 4.90 Å². The lowest BCUT2D eigenvalue weighted by Crippen LogP contribution is -2.48. The molecule has 1 aliphatic rings. The molecule has 1 saturated heterocycles. The lowest BCUT2D eigenvalue weighted by molar-refractivity contribution is 0.0897. The van der Waals surface area contributed by atoms with Gasteiger partial charge in [0.05, 0.1) is 0 Å². The summed E-state index contributed by atoms with van der Waals surface area (Å²) in [5, 5.41) is 2.04. The molecule has 0 amide bonds. The molecule has 108 valence electrons. The second-order valence-electron chi connectivity index (χ2n) is 5.85. The van der Waals surface area contributed by atoms with Crippen LogP contribution >= 0.6 is 11.6 Å². The molecule has 2 atom stereocenters. The van der Waals surface area contributed by atoms with Crippen LogP contribution < -0.4 is 5.73 Å². The van der Waals surface area contributed by atoms with E-state index in [1.54, 1.807) is 0 Å². The number of halogens is 1. The monoisotopic (exact) mass is 291 g/mol. The molecule has 0 spiro atoms. The number of benzene rings is 1. The molecule has 1 aromatic carbocycles. The molecule has 0 bridgehead atoms. The molecular formula is C16H22ClN3. The third kappa shape index (κ3) is 2.58. The summed E-state index contributed by atoms with van der Waals surface area (Å²) in [5.74, 6) is 0. The maximum absolute atomic E-state index is 6.04. The summed E-state index contributed by atoms with van der Waals surface area (Å²) in [6, 6.07) is 7.17. The van der Waals surface area contributed by atoms with Gasteiger partial charge in [0, 0.05) is 47.3 Å². The topological polar surface area (TPSA) is 45.0 Å². The maximum atomic E-state index is 6.04. The zero-order chi connectivity index (χ0) is 14.1. The summed E-state index contributed by atoms with van der Waals surface area (Å²) < 4.78 is 0. The Kier molecular flexibility index (Phi) is 4.01. The zero-order valence-electron chi connectivity index (χ0n) is 11.9. The molecule has 3 rings (SSSR count). The number of aromatic amines is 1. The first kappa shape index (κ1) is 13.9. The van der Waals surface area contributed by atoms with Gasteiger partial charge in [-0.1, -0.05) is 24.1 Å². The molecular weight excluding hydrogens is 270 g/mol. The number of likely N-dealkylation sites (tertiary alicyclic amines) is 1. The highest BCUT2D eigenvalue weighted by atomic mass is 35.5. The van der Waals surface area contributed by atoms with E-state index in [1.165, 1.54) is 30.2 Å². The van der Waals surface area contributed by atoms with Crippen LogP contribution in [0, 0.1) is 0 Å². The fourth-order valence-corrected chi connectivity index (χ4v) is 3.54. The molecule has 2 aromatic rings. The quantitative estimate of drug-likeness (QED) is 0.909. The highest BCUT2D eigenvalue weighted by Gasteiger charge is 2.27. The van der Waals surface area contributed by atoms with Crippen molar-refractivity contribution in [1.29, 1.82) is 0 Å². The van der Waals surface area contributed by atoms with Gasteiger partial charge < -0.3 is 10.7 Å². The van der Waals surface area contributed by atoms with Crippen molar-refractivity contribution >= 4 is 22.5 Å². The Bertz CT molecular complexity index is 592. The Hall–Kier alpha value is -1.03. The summed E-state index contributed by atoms with van der Waals surface area (Å²) in [7, 11) is 0.